The number of halogens is 1. The average Bonchev–Trinajstić information content (AvgIpc) is 3.05. The molecule has 0 aliphatic heterocycles. The minimum atomic E-state index is -0.126. The van der Waals surface area contributed by atoms with E-state index in [0.717, 1.165) is 24.4 Å². The first kappa shape index (κ1) is 11.6. The van der Waals surface area contributed by atoms with Gasteiger partial charge in [-0.1, -0.05) is 25.8 Å². The summed E-state index contributed by atoms with van der Waals surface area (Å²) < 4.78 is 13.3. The molecular weight excluding hydrogens is 201 g/mol. The van der Waals surface area contributed by atoms with Gasteiger partial charge in [-0.3, -0.25) is 0 Å². The Kier molecular flexibility index (Phi) is 3.59. The second-order valence-electron chi connectivity index (χ2n) is 4.79. The number of aryl methyl sites for hydroxylation is 1. The van der Waals surface area contributed by atoms with Crippen LogP contribution in [0.4, 0.5) is 4.39 Å². The van der Waals surface area contributed by atoms with Gasteiger partial charge in [-0.25, -0.2) is 4.39 Å². The molecule has 1 aromatic rings. The minimum absolute atomic E-state index is 0.126. The summed E-state index contributed by atoms with van der Waals surface area (Å²) in [6, 6.07) is 5.43. The van der Waals surface area contributed by atoms with Gasteiger partial charge < -0.3 is 5.32 Å². The largest absolute Gasteiger partial charge is 0.310 e. The summed E-state index contributed by atoms with van der Waals surface area (Å²) >= 11 is 0. The zero-order valence-electron chi connectivity index (χ0n) is 10.1. The highest BCUT2D eigenvalue weighted by Gasteiger charge is 2.26. The van der Waals surface area contributed by atoms with E-state index in [1.807, 2.05) is 6.07 Å². The quantitative estimate of drug-likeness (QED) is 0.801. The molecule has 0 amide bonds. The van der Waals surface area contributed by atoms with E-state index < -0.39 is 0 Å². The lowest BCUT2D eigenvalue weighted by Gasteiger charge is -2.20. The van der Waals surface area contributed by atoms with E-state index in [1.165, 1.54) is 18.4 Å². The first-order valence-electron chi connectivity index (χ1n) is 6.20. The lowest BCUT2D eigenvalue weighted by Crippen LogP contribution is -2.22. The fourth-order valence-electron chi connectivity index (χ4n) is 2.24. The summed E-state index contributed by atoms with van der Waals surface area (Å²) in [7, 11) is 0. The van der Waals surface area contributed by atoms with E-state index in [2.05, 4.69) is 19.2 Å². The molecular formula is C14H20FN. The van der Waals surface area contributed by atoms with Gasteiger partial charge >= 0.3 is 0 Å². The van der Waals surface area contributed by atoms with Gasteiger partial charge in [0.05, 0.1) is 0 Å². The Morgan fingerprint density at radius 2 is 2.19 bits per heavy atom. The molecule has 1 unspecified atom stereocenters. The molecule has 88 valence electrons. The van der Waals surface area contributed by atoms with Gasteiger partial charge in [-0.2, -0.15) is 0 Å². The molecule has 1 aliphatic carbocycles. The summed E-state index contributed by atoms with van der Waals surface area (Å²) in [5.74, 6) is 0.728. The summed E-state index contributed by atoms with van der Waals surface area (Å²) in [6.07, 6.45) is 3.84. The number of hydrogen-bond donors (Lipinski definition) is 1. The predicted octanol–water partition coefficient (Wildman–Crippen LogP) is 3.58. The second kappa shape index (κ2) is 4.96. The summed E-state index contributed by atoms with van der Waals surface area (Å²) in [4.78, 5) is 0. The van der Waals surface area contributed by atoms with Crippen LogP contribution < -0.4 is 5.32 Å². The van der Waals surface area contributed by atoms with Crippen molar-refractivity contribution in [1.29, 1.82) is 0 Å². The number of nitrogens with one attached hydrogen (secondary N) is 1. The standard InChI is InChI=1S/C14H20FN/c1-3-16-14(8-11-5-6-11)13-9-12(15)7-4-10(13)2/h4,7,9,11,14,16H,3,5-6,8H2,1-2H3. The highest BCUT2D eigenvalue weighted by Crippen LogP contribution is 2.38. The van der Waals surface area contributed by atoms with Crippen LogP contribution in [0.5, 0.6) is 0 Å². The molecule has 2 rings (SSSR count). The van der Waals surface area contributed by atoms with Crippen molar-refractivity contribution in [2.45, 2.75) is 39.2 Å². The highest BCUT2D eigenvalue weighted by atomic mass is 19.1. The van der Waals surface area contributed by atoms with Crippen LogP contribution in [-0.4, -0.2) is 6.54 Å². The van der Waals surface area contributed by atoms with Crippen molar-refractivity contribution in [3.8, 4) is 0 Å². The number of hydrogen-bond acceptors (Lipinski definition) is 1. The molecule has 0 aromatic heterocycles. The first-order chi connectivity index (χ1) is 7.70. The summed E-state index contributed by atoms with van der Waals surface area (Å²) in [5, 5.41) is 3.47. The summed E-state index contributed by atoms with van der Waals surface area (Å²) in [5.41, 5.74) is 2.32. The normalized spacial score (nSPS) is 17.4. The molecule has 1 saturated carbocycles. The van der Waals surface area contributed by atoms with Crippen LogP contribution in [0, 0.1) is 18.7 Å². The minimum Gasteiger partial charge on any atom is -0.310 e. The zero-order chi connectivity index (χ0) is 11.5. The van der Waals surface area contributed by atoms with Gasteiger partial charge in [0.25, 0.3) is 0 Å². The lowest BCUT2D eigenvalue weighted by atomic mass is 9.96. The van der Waals surface area contributed by atoms with Crippen molar-refractivity contribution in [1.82, 2.24) is 5.32 Å². The van der Waals surface area contributed by atoms with Gasteiger partial charge in [0.15, 0.2) is 0 Å². The van der Waals surface area contributed by atoms with Crippen LogP contribution in [0.25, 0.3) is 0 Å². The van der Waals surface area contributed by atoms with E-state index in [1.54, 1.807) is 12.1 Å². The Balaban J connectivity index is 2.18. The molecule has 0 heterocycles. The Bertz CT molecular complexity index is 358. The molecule has 1 aliphatic rings. The third-order valence-electron chi connectivity index (χ3n) is 3.33. The Labute approximate surface area is 97.1 Å². The molecule has 0 saturated heterocycles. The molecule has 1 aromatic carbocycles. The van der Waals surface area contributed by atoms with Crippen molar-refractivity contribution in [3.05, 3.63) is 35.1 Å². The molecule has 1 atom stereocenters. The van der Waals surface area contributed by atoms with Crippen molar-refractivity contribution >= 4 is 0 Å². The van der Waals surface area contributed by atoms with Crippen molar-refractivity contribution in [3.63, 3.8) is 0 Å². The van der Waals surface area contributed by atoms with E-state index in [-0.39, 0.29) is 5.82 Å². The van der Waals surface area contributed by atoms with Crippen molar-refractivity contribution in [2.24, 2.45) is 5.92 Å². The van der Waals surface area contributed by atoms with Crippen LogP contribution >= 0.6 is 0 Å². The molecule has 1 fully saturated rings. The molecule has 0 radical (unpaired) electrons. The van der Waals surface area contributed by atoms with Crippen LogP contribution in [0.1, 0.15) is 43.4 Å². The van der Waals surface area contributed by atoms with Gasteiger partial charge in [0, 0.05) is 6.04 Å². The average molecular weight is 221 g/mol. The first-order valence-corrected chi connectivity index (χ1v) is 6.20. The fraction of sp³-hybridized carbons (Fsp3) is 0.571. The fourth-order valence-corrected chi connectivity index (χ4v) is 2.24. The smallest absolute Gasteiger partial charge is 0.123 e. The second-order valence-corrected chi connectivity index (χ2v) is 4.79. The van der Waals surface area contributed by atoms with Gasteiger partial charge in [-0.15, -0.1) is 0 Å². The van der Waals surface area contributed by atoms with E-state index >= 15 is 0 Å². The predicted molar refractivity (Wildman–Crippen MR) is 64.9 cm³/mol. The molecule has 1 N–H and O–H groups in total. The maximum atomic E-state index is 13.3. The van der Waals surface area contributed by atoms with Gasteiger partial charge in [-0.05, 0) is 49.1 Å². The van der Waals surface area contributed by atoms with Crippen molar-refractivity contribution in [2.75, 3.05) is 6.54 Å². The molecule has 0 spiro atoms. The maximum absolute atomic E-state index is 13.3. The third-order valence-corrected chi connectivity index (χ3v) is 3.33. The topological polar surface area (TPSA) is 12.0 Å². The summed E-state index contributed by atoms with van der Waals surface area (Å²) in [6.45, 7) is 5.11. The monoisotopic (exact) mass is 221 g/mol. The Hall–Kier alpha value is -0.890. The highest BCUT2D eigenvalue weighted by molar-refractivity contribution is 5.29. The lowest BCUT2D eigenvalue weighted by molar-refractivity contribution is 0.481. The maximum Gasteiger partial charge on any atom is 0.123 e. The number of rotatable bonds is 5. The van der Waals surface area contributed by atoms with Crippen LogP contribution in [0.3, 0.4) is 0 Å². The van der Waals surface area contributed by atoms with E-state index in [0.29, 0.717) is 6.04 Å². The zero-order valence-corrected chi connectivity index (χ0v) is 10.1. The Morgan fingerprint density at radius 3 is 2.81 bits per heavy atom. The SMILES string of the molecule is CCNC(CC1CC1)c1cc(F)ccc1C. The van der Waals surface area contributed by atoms with Crippen molar-refractivity contribution < 1.29 is 4.39 Å². The van der Waals surface area contributed by atoms with Gasteiger partial charge in [0.2, 0.25) is 0 Å². The molecule has 1 nitrogen and oxygen atoms in total. The molecule has 16 heavy (non-hydrogen) atoms. The van der Waals surface area contributed by atoms with Crippen LogP contribution in [0.15, 0.2) is 18.2 Å². The molecule has 2 heteroatoms. The van der Waals surface area contributed by atoms with E-state index in [4.69, 9.17) is 0 Å². The van der Waals surface area contributed by atoms with E-state index in [9.17, 15) is 4.39 Å². The van der Waals surface area contributed by atoms with Gasteiger partial charge in [0.1, 0.15) is 5.82 Å². The molecule has 0 bridgehead atoms. The number of benzene rings is 1. The Morgan fingerprint density at radius 1 is 1.44 bits per heavy atom. The van der Waals surface area contributed by atoms with Crippen LogP contribution in [0.2, 0.25) is 0 Å². The third kappa shape index (κ3) is 2.82. The van der Waals surface area contributed by atoms with Crippen LogP contribution in [-0.2, 0) is 0 Å².